The van der Waals surface area contributed by atoms with E-state index in [1.807, 2.05) is 0 Å². The van der Waals surface area contributed by atoms with Crippen molar-refractivity contribution in [2.75, 3.05) is 0 Å². The van der Waals surface area contributed by atoms with Gasteiger partial charge in [-0.3, -0.25) is 0 Å². The molecule has 32 valence electrons. The third-order valence-corrected chi connectivity index (χ3v) is 0.697. The van der Waals surface area contributed by atoms with Crippen molar-refractivity contribution >= 4 is 23.1 Å². The van der Waals surface area contributed by atoms with E-state index in [4.69, 9.17) is 0 Å². The summed E-state index contributed by atoms with van der Waals surface area (Å²) in [7, 11) is 0. The van der Waals surface area contributed by atoms with Gasteiger partial charge in [0.25, 0.3) is 0 Å². The summed E-state index contributed by atoms with van der Waals surface area (Å²) in [5, 5.41) is 0. The molecular weight excluding hydrogens is 108 g/mol. The summed E-state index contributed by atoms with van der Waals surface area (Å²) >= 11 is 0. The van der Waals surface area contributed by atoms with E-state index in [1.165, 1.54) is 12.8 Å². The standard InChI is InChI=1S/C4H7.ClH.Mg/c1-4-2-3-4;;/h4H,1-3H2;1H;/q-1;;+2/p-1. The Balaban J connectivity index is 0. The summed E-state index contributed by atoms with van der Waals surface area (Å²) in [4.78, 5) is 0. The molecule has 2 heteroatoms. The Kier molecular flexibility index (Phi) is 7.12. The van der Waals surface area contributed by atoms with Gasteiger partial charge in [-0.2, -0.15) is 5.92 Å². The molecule has 0 N–H and O–H groups in total. The zero-order chi connectivity index (χ0) is 2.99. The van der Waals surface area contributed by atoms with Crippen LogP contribution in [0, 0.1) is 12.8 Å². The molecule has 0 unspecified atom stereocenters. The molecule has 0 aromatic carbocycles. The molecule has 1 fully saturated rings. The van der Waals surface area contributed by atoms with Gasteiger partial charge in [0.05, 0.1) is 0 Å². The molecule has 0 amide bonds. The molecule has 1 saturated carbocycles. The second-order valence-corrected chi connectivity index (χ2v) is 1.44. The minimum atomic E-state index is 0. The first-order valence-corrected chi connectivity index (χ1v) is 1.72. The average Bonchev–Trinajstić information content (AvgIpc) is 1.75. The van der Waals surface area contributed by atoms with Crippen molar-refractivity contribution in [1.82, 2.24) is 0 Å². The van der Waals surface area contributed by atoms with Crippen LogP contribution in [0.1, 0.15) is 12.8 Å². The van der Waals surface area contributed by atoms with E-state index in [-0.39, 0.29) is 35.5 Å². The first kappa shape index (κ1) is 10.1. The molecule has 0 saturated heterocycles. The molecule has 1 aliphatic rings. The van der Waals surface area contributed by atoms with Crippen molar-refractivity contribution in [3.05, 3.63) is 6.92 Å². The third-order valence-electron chi connectivity index (χ3n) is 0.697. The van der Waals surface area contributed by atoms with Gasteiger partial charge in [0.15, 0.2) is 0 Å². The second-order valence-electron chi connectivity index (χ2n) is 1.44. The Bertz CT molecular complexity index is 26.7. The molecule has 1 aliphatic carbocycles. The number of hydrogen-bond donors (Lipinski definition) is 0. The first-order valence-electron chi connectivity index (χ1n) is 1.72. The summed E-state index contributed by atoms with van der Waals surface area (Å²) in [6.07, 6.45) is 2.75. The predicted molar refractivity (Wildman–Crippen MR) is 23.8 cm³/mol. The molecule has 0 nitrogen and oxygen atoms in total. The Morgan fingerprint density at radius 3 is 1.50 bits per heavy atom. The van der Waals surface area contributed by atoms with Crippen LogP contribution in [-0.2, 0) is 0 Å². The van der Waals surface area contributed by atoms with Crippen molar-refractivity contribution < 1.29 is 12.4 Å². The van der Waals surface area contributed by atoms with E-state index in [0.717, 1.165) is 5.92 Å². The van der Waals surface area contributed by atoms with E-state index >= 15 is 0 Å². The molecule has 0 radical (unpaired) electrons. The van der Waals surface area contributed by atoms with Gasteiger partial charge in [-0.15, -0.1) is 0 Å². The maximum Gasteiger partial charge on any atom is 2.00 e. The van der Waals surface area contributed by atoms with Crippen molar-refractivity contribution in [2.24, 2.45) is 5.92 Å². The monoisotopic (exact) mass is 114 g/mol. The van der Waals surface area contributed by atoms with E-state index < -0.39 is 0 Å². The van der Waals surface area contributed by atoms with E-state index in [9.17, 15) is 0 Å². The number of hydrogen-bond acceptors (Lipinski definition) is 0. The summed E-state index contributed by atoms with van der Waals surface area (Å²) < 4.78 is 0. The molecule has 0 aliphatic heterocycles. The molecular formula is C4H7ClMg. The third kappa shape index (κ3) is 5.06. The predicted octanol–water partition coefficient (Wildman–Crippen LogP) is -2.15. The fourth-order valence-electron chi connectivity index (χ4n) is 0.118. The Morgan fingerprint density at radius 1 is 1.33 bits per heavy atom. The van der Waals surface area contributed by atoms with Crippen LogP contribution in [0.25, 0.3) is 0 Å². The summed E-state index contributed by atoms with van der Waals surface area (Å²) in [6, 6.07) is 0. The minimum Gasteiger partial charge on any atom is -1.00 e. The van der Waals surface area contributed by atoms with Crippen LogP contribution < -0.4 is 12.4 Å². The van der Waals surface area contributed by atoms with Gasteiger partial charge in [0.1, 0.15) is 0 Å². The molecule has 0 heterocycles. The van der Waals surface area contributed by atoms with Gasteiger partial charge >= 0.3 is 23.1 Å². The zero-order valence-corrected chi connectivity index (χ0v) is 5.95. The molecule has 0 atom stereocenters. The average molecular weight is 115 g/mol. The van der Waals surface area contributed by atoms with Crippen LogP contribution in [0.3, 0.4) is 0 Å². The minimum absolute atomic E-state index is 0. The van der Waals surface area contributed by atoms with Crippen LogP contribution in [0.4, 0.5) is 0 Å². The van der Waals surface area contributed by atoms with Crippen LogP contribution >= 0.6 is 0 Å². The van der Waals surface area contributed by atoms with Crippen LogP contribution in [0.5, 0.6) is 0 Å². The van der Waals surface area contributed by atoms with E-state index in [1.54, 1.807) is 0 Å². The van der Waals surface area contributed by atoms with Gasteiger partial charge in [-0.25, -0.2) is 0 Å². The van der Waals surface area contributed by atoms with E-state index in [2.05, 4.69) is 6.92 Å². The SMILES string of the molecule is [CH2-]C1CC1.[Cl-].[Mg+2]. The Labute approximate surface area is 61.3 Å². The maximum absolute atomic E-state index is 3.75. The van der Waals surface area contributed by atoms with Gasteiger partial charge in [-0.1, -0.05) is 12.8 Å². The maximum atomic E-state index is 3.75. The topological polar surface area (TPSA) is 0 Å². The summed E-state index contributed by atoms with van der Waals surface area (Å²) in [5.74, 6) is 0.833. The van der Waals surface area contributed by atoms with Crippen molar-refractivity contribution in [1.29, 1.82) is 0 Å². The van der Waals surface area contributed by atoms with Crippen molar-refractivity contribution in [2.45, 2.75) is 12.8 Å². The molecule has 0 aromatic heterocycles. The molecule has 0 bridgehead atoms. The quantitative estimate of drug-likeness (QED) is 0.249. The van der Waals surface area contributed by atoms with Crippen LogP contribution in [-0.4, -0.2) is 23.1 Å². The van der Waals surface area contributed by atoms with Crippen molar-refractivity contribution in [3.8, 4) is 0 Å². The normalized spacial score (nSPS) is 17.5. The Morgan fingerprint density at radius 2 is 1.50 bits per heavy atom. The van der Waals surface area contributed by atoms with Crippen LogP contribution in [0.2, 0.25) is 0 Å². The fourth-order valence-corrected chi connectivity index (χ4v) is 0.118. The van der Waals surface area contributed by atoms with Gasteiger partial charge < -0.3 is 19.3 Å². The first-order chi connectivity index (χ1) is 1.89. The van der Waals surface area contributed by atoms with E-state index in [0.29, 0.717) is 0 Å². The summed E-state index contributed by atoms with van der Waals surface area (Å²) in [5.41, 5.74) is 0. The number of halogens is 1. The molecule has 1 rings (SSSR count). The van der Waals surface area contributed by atoms with Gasteiger partial charge in [0.2, 0.25) is 0 Å². The summed E-state index contributed by atoms with van der Waals surface area (Å²) in [6.45, 7) is 3.75. The molecule has 6 heavy (non-hydrogen) atoms. The zero-order valence-electron chi connectivity index (χ0n) is 3.78. The van der Waals surface area contributed by atoms with Crippen LogP contribution in [0.15, 0.2) is 0 Å². The Hall–Kier alpha value is 1.06. The second kappa shape index (κ2) is 4.22. The fraction of sp³-hybridized carbons (Fsp3) is 0.750. The number of rotatable bonds is 0. The van der Waals surface area contributed by atoms with Gasteiger partial charge in [-0.05, 0) is 0 Å². The smallest absolute Gasteiger partial charge is 1.00 e. The molecule has 0 spiro atoms. The van der Waals surface area contributed by atoms with Crippen molar-refractivity contribution in [3.63, 3.8) is 0 Å². The van der Waals surface area contributed by atoms with Gasteiger partial charge in [0, 0.05) is 0 Å². The molecule has 0 aromatic rings. The largest absolute Gasteiger partial charge is 2.00 e.